The van der Waals surface area contributed by atoms with E-state index in [2.05, 4.69) is 15.9 Å². The second-order valence-electron chi connectivity index (χ2n) is 5.11. The molecular weight excluding hydrogens is 332 g/mol. The Morgan fingerprint density at radius 1 is 1.35 bits per heavy atom. The highest BCUT2D eigenvalue weighted by molar-refractivity contribution is 9.10. The lowest BCUT2D eigenvalue weighted by Gasteiger charge is -2.33. The van der Waals surface area contributed by atoms with Crippen LogP contribution in [0.15, 0.2) is 16.6 Å². The Bertz CT molecular complexity index is 491. The maximum Gasteiger partial charge on any atom is 0.259 e. The number of aliphatic hydroxyl groups excluding tert-OH is 1. The summed E-state index contributed by atoms with van der Waals surface area (Å²) < 4.78 is 27.8. The summed E-state index contributed by atoms with van der Waals surface area (Å²) in [5.74, 6) is -2.21. The summed E-state index contributed by atoms with van der Waals surface area (Å²) in [4.78, 5) is 13.6. The molecule has 0 aliphatic carbocycles. The van der Waals surface area contributed by atoms with Crippen LogP contribution in [0.4, 0.5) is 8.78 Å². The number of piperidine rings is 1. The van der Waals surface area contributed by atoms with Crippen LogP contribution in [0, 0.1) is 17.6 Å². The minimum Gasteiger partial charge on any atom is -0.393 e. The number of likely N-dealkylation sites (tertiary alicyclic amines) is 1. The molecule has 1 aliphatic rings. The lowest BCUT2D eigenvalue weighted by Crippen LogP contribution is -2.41. The Morgan fingerprint density at radius 2 is 1.85 bits per heavy atom. The van der Waals surface area contributed by atoms with Gasteiger partial charge in [0.15, 0.2) is 0 Å². The summed E-state index contributed by atoms with van der Waals surface area (Å²) in [7, 11) is 0. The number of benzene rings is 1. The number of nitrogens with zero attached hydrogens (tertiary/aromatic N) is 1. The summed E-state index contributed by atoms with van der Waals surface area (Å²) in [6.45, 7) is 2.53. The van der Waals surface area contributed by atoms with Crippen molar-refractivity contribution in [1.29, 1.82) is 0 Å². The van der Waals surface area contributed by atoms with Gasteiger partial charge in [-0.3, -0.25) is 4.79 Å². The van der Waals surface area contributed by atoms with Gasteiger partial charge in [-0.1, -0.05) is 15.9 Å². The van der Waals surface area contributed by atoms with Crippen LogP contribution in [0.3, 0.4) is 0 Å². The third-order valence-corrected chi connectivity index (χ3v) is 4.19. The molecule has 1 aromatic rings. The molecule has 1 heterocycles. The van der Waals surface area contributed by atoms with Gasteiger partial charge in [-0.2, -0.15) is 0 Å². The molecule has 3 nitrogen and oxygen atoms in total. The number of carbonyl (C=O) groups is 1. The first kappa shape index (κ1) is 15.4. The molecule has 1 unspecified atom stereocenters. The fraction of sp³-hybridized carbons (Fsp3) is 0.500. The maximum atomic E-state index is 13.8. The zero-order chi connectivity index (χ0) is 14.9. The first-order valence-electron chi connectivity index (χ1n) is 6.52. The first-order valence-corrected chi connectivity index (χ1v) is 7.31. The van der Waals surface area contributed by atoms with Crippen LogP contribution < -0.4 is 0 Å². The summed E-state index contributed by atoms with van der Waals surface area (Å²) >= 11 is 2.98. The molecule has 0 aromatic heterocycles. The Balaban J connectivity index is 2.14. The van der Waals surface area contributed by atoms with Crippen LogP contribution in [0.5, 0.6) is 0 Å². The van der Waals surface area contributed by atoms with E-state index in [1.54, 1.807) is 6.92 Å². The average Bonchev–Trinajstić information content (AvgIpc) is 2.37. The monoisotopic (exact) mass is 347 g/mol. The Morgan fingerprint density at radius 3 is 2.30 bits per heavy atom. The van der Waals surface area contributed by atoms with E-state index in [1.807, 2.05) is 0 Å². The van der Waals surface area contributed by atoms with Crippen molar-refractivity contribution in [3.05, 3.63) is 33.8 Å². The third-order valence-electron chi connectivity index (χ3n) is 3.73. The van der Waals surface area contributed by atoms with Crippen molar-refractivity contribution >= 4 is 21.8 Å². The van der Waals surface area contributed by atoms with Gasteiger partial charge in [-0.25, -0.2) is 8.78 Å². The van der Waals surface area contributed by atoms with E-state index in [9.17, 15) is 18.7 Å². The zero-order valence-corrected chi connectivity index (χ0v) is 12.7. The van der Waals surface area contributed by atoms with Crippen LogP contribution in [-0.2, 0) is 0 Å². The second kappa shape index (κ2) is 6.18. The van der Waals surface area contributed by atoms with Crippen molar-refractivity contribution in [2.45, 2.75) is 25.9 Å². The molecule has 1 N–H and O–H groups in total. The molecule has 0 radical (unpaired) electrons. The predicted molar refractivity (Wildman–Crippen MR) is 74.4 cm³/mol. The molecule has 1 aromatic carbocycles. The van der Waals surface area contributed by atoms with Gasteiger partial charge in [0.2, 0.25) is 0 Å². The highest BCUT2D eigenvalue weighted by Crippen LogP contribution is 2.25. The number of carbonyl (C=O) groups excluding carboxylic acids is 1. The molecule has 1 fully saturated rings. The van der Waals surface area contributed by atoms with E-state index < -0.39 is 29.2 Å². The molecule has 0 saturated carbocycles. The van der Waals surface area contributed by atoms with E-state index in [1.165, 1.54) is 4.90 Å². The summed E-state index contributed by atoms with van der Waals surface area (Å²) in [5.41, 5.74) is -0.510. The number of hydrogen-bond acceptors (Lipinski definition) is 2. The van der Waals surface area contributed by atoms with Crippen LogP contribution in [0.2, 0.25) is 0 Å². The maximum absolute atomic E-state index is 13.8. The number of halogens is 3. The van der Waals surface area contributed by atoms with Crippen LogP contribution >= 0.6 is 15.9 Å². The van der Waals surface area contributed by atoms with Crippen molar-refractivity contribution in [2.24, 2.45) is 5.92 Å². The molecule has 110 valence electrons. The van der Waals surface area contributed by atoms with Gasteiger partial charge in [0.05, 0.1) is 6.10 Å². The fourth-order valence-corrected chi connectivity index (χ4v) is 2.89. The van der Waals surface area contributed by atoms with Crippen LogP contribution in [-0.4, -0.2) is 35.1 Å². The van der Waals surface area contributed by atoms with Gasteiger partial charge in [-0.05, 0) is 37.8 Å². The number of aliphatic hydroxyl groups is 1. The molecule has 0 spiro atoms. The standard InChI is InChI=1S/C14H16BrF2NO2/c1-8(19)9-2-4-18(5-3-9)14(20)13-11(16)6-10(15)7-12(13)17/h6-9,19H,2-5H2,1H3. The molecular formula is C14H16BrF2NO2. The normalized spacial score (nSPS) is 18.1. The van der Waals surface area contributed by atoms with Crippen LogP contribution in [0.1, 0.15) is 30.1 Å². The Hall–Kier alpha value is -1.01. The van der Waals surface area contributed by atoms with Crippen molar-refractivity contribution in [1.82, 2.24) is 4.90 Å². The average molecular weight is 348 g/mol. The molecule has 6 heteroatoms. The fourth-order valence-electron chi connectivity index (χ4n) is 2.49. The second-order valence-corrected chi connectivity index (χ2v) is 6.03. The molecule has 2 rings (SSSR count). The summed E-state index contributed by atoms with van der Waals surface area (Å²) in [6, 6.07) is 2.16. The quantitative estimate of drug-likeness (QED) is 0.893. The van der Waals surface area contributed by atoms with Crippen molar-refractivity contribution < 1.29 is 18.7 Å². The SMILES string of the molecule is CC(O)C1CCN(C(=O)c2c(F)cc(Br)cc2F)CC1. The zero-order valence-electron chi connectivity index (χ0n) is 11.1. The summed E-state index contributed by atoms with van der Waals surface area (Å²) in [6.07, 6.45) is 0.861. The summed E-state index contributed by atoms with van der Waals surface area (Å²) in [5, 5.41) is 9.51. The molecule has 1 aliphatic heterocycles. The van der Waals surface area contributed by atoms with E-state index in [0.717, 1.165) is 12.1 Å². The third kappa shape index (κ3) is 3.17. The van der Waals surface area contributed by atoms with Gasteiger partial charge in [0, 0.05) is 17.6 Å². The van der Waals surface area contributed by atoms with E-state index in [0.29, 0.717) is 25.9 Å². The minimum atomic E-state index is -0.862. The molecule has 0 bridgehead atoms. The topological polar surface area (TPSA) is 40.5 Å². The predicted octanol–water partition coefficient (Wildman–Crippen LogP) is 2.96. The van der Waals surface area contributed by atoms with Gasteiger partial charge in [0.1, 0.15) is 17.2 Å². The van der Waals surface area contributed by atoms with Gasteiger partial charge < -0.3 is 10.0 Å². The highest BCUT2D eigenvalue weighted by atomic mass is 79.9. The molecule has 1 atom stereocenters. The number of hydrogen-bond donors (Lipinski definition) is 1. The van der Waals surface area contributed by atoms with Crippen LogP contribution in [0.25, 0.3) is 0 Å². The number of amides is 1. The smallest absolute Gasteiger partial charge is 0.259 e. The molecule has 1 amide bonds. The van der Waals surface area contributed by atoms with E-state index in [-0.39, 0.29) is 10.4 Å². The van der Waals surface area contributed by atoms with E-state index >= 15 is 0 Å². The van der Waals surface area contributed by atoms with Gasteiger partial charge in [-0.15, -0.1) is 0 Å². The van der Waals surface area contributed by atoms with E-state index in [4.69, 9.17) is 0 Å². The van der Waals surface area contributed by atoms with Gasteiger partial charge >= 0.3 is 0 Å². The lowest BCUT2D eigenvalue weighted by molar-refractivity contribution is 0.0514. The minimum absolute atomic E-state index is 0.138. The number of rotatable bonds is 2. The van der Waals surface area contributed by atoms with Crippen molar-refractivity contribution in [3.63, 3.8) is 0 Å². The molecule has 1 saturated heterocycles. The Kier molecular flexibility index (Phi) is 4.75. The van der Waals surface area contributed by atoms with Crippen molar-refractivity contribution in [3.8, 4) is 0 Å². The van der Waals surface area contributed by atoms with Gasteiger partial charge in [0.25, 0.3) is 5.91 Å². The molecule has 20 heavy (non-hydrogen) atoms. The lowest BCUT2D eigenvalue weighted by atomic mass is 9.92. The van der Waals surface area contributed by atoms with Crippen molar-refractivity contribution in [2.75, 3.05) is 13.1 Å². The Labute approximate surface area is 124 Å². The highest BCUT2D eigenvalue weighted by Gasteiger charge is 2.29. The first-order chi connectivity index (χ1) is 9.40. The largest absolute Gasteiger partial charge is 0.393 e.